The van der Waals surface area contributed by atoms with Gasteiger partial charge in [-0.05, 0) is 29.8 Å². The lowest BCUT2D eigenvalue weighted by Gasteiger charge is -2.23. The smallest absolute Gasteiger partial charge is 0.337 e. The molecule has 1 unspecified atom stereocenters. The predicted octanol–water partition coefficient (Wildman–Crippen LogP) is 2.88. The minimum absolute atomic E-state index is 0.207. The minimum atomic E-state index is -0.384. The number of hydrogen-bond donors (Lipinski definition) is 0. The second-order valence-corrected chi connectivity index (χ2v) is 4.96. The molecule has 0 radical (unpaired) electrons. The fourth-order valence-electron chi connectivity index (χ4n) is 2.47. The average molecular weight is 297 g/mol. The van der Waals surface area contributed by atoms with Gasteiger partial charge in [0.25, 0.3) is 0 Å². The molecular weight excluding hydrogens is 282 g/mol. The lowest BCUT2D eigenvalue weighted by atomic mass is 10.0. The van der Waals surface area contributed by atoms with E-state index in [9.17, 15) is 9.59 Å². The van der Waals surface area contributed by atoms with Gasteiger partial charge >= 0.3 is 11.9 Å². The van der Waals surface area contributed by atoms with Gasteiger partial charge in [0.05, 0.1) is 24.8 Å². The number of esters is 1. The first kappa shape index (κ1) is 14.1. The Kier molecular flexibility index (Phi) is 3.78. The molecule has 0 N–H and O–H groups in total. The van der Waals surface area contributed by atoms with E-state index in [0.29, 0.717) is 5.56 Å². The Balaban J connectivity index is 1.89. The van der Waals surface area contributed by atoms with Gasteiger partial charge in [0.1, 0.15) is 6.04 Å². The molecule has 1 aliphatic rings. The first-order chi connectivity index (χ1) is 10.7. The summed E-state index contributed by atoms with van der Waals surface area (Å²) in [6.07, 6.45) is 0.270. The molecule has 5 nitrogen and oxygen atoms in total. The van der Waals surface area contributed by atoms with Crippen molar-refractivity contribution in [3.8, 4) is 0 Å². The van der Waals surface area contributed by atoms with Crippen LogP contribution in [-0.2, 0) is 14.4 Å². The highest BCUT2D eigenvalue weighted by molar-refractivity contribution is 5.89. The number of ether oxygens (including phenoxy) is 1. The van der Waals surface area contributed by atoms with Gasteiger partial charge in [-0.25, -0.2) is 9.59 Å². The molecule has 0 spiro atoms. The van der Waals surface area contributed by atoms with Crippen LogP contribution in [0.2, 0.25) is 0 Å². The van der Waals surface area contributed by atoms with Crippen molar-refractivity contribution < 1.29 is 19.2 Å². The van der Waals surface area contributed by atoms with Crippen molar-refractivity contribution in [2.45, 2.75) is 12.5 Å². The van der Waals surface area contributed by atoms with Gasteiger partial charge in [-0.2, -0.15) is 5.06 Å². The number of anilines is 1. The summed E-state index contributed by atoms with van der Waals surface area (Å²) < 4.78 is 4.68. The third-order valence-corrected chi connectivity index (χ3v) is 3.57. The molecule has 1 aliphatic heterocycles. The van der Waals surface area contributed by atoms with E-state index in [0.717, 1.165) is 11.3 Å². The fourth-order valence-corrected chi connectivity index (χ4v) is 2.47. The standard InChI is InChI=1S/C17H15NO4/c1-21-17(20)13-9-7-12(8-10-13)15-11-16(19)22-18(15)14-5-3-2-4-6-14/h2-10,15H,11H2,1H3. The molecule has 22 heavy (non-hydrogen) atoms. The van der Waals surface area contributed by atoms with Crippen LogP contribution >= 0.6 is 0 Å². The predicted molar refractivity (Wildman–Crippen MR) is 80.2 cm³/mol. The number of benzene rings is 2. The maximum Gasteiger partial charge on any atom is 0.337 e. The van der Waals surface area contributed by atoms with E-state index in [2.05, 4.69) is 4.74 Å². The van der Waals surface area contributed by atoms with Crippen molar-refractivity contribution in [1.29, 1.82) is 0 Å². The number of methoxy groups -OCH3 is 1. The van der Waals surface area contributed by atoms with Gasteiger partial charge in [-0.15, -0.1) is 0 Å². The van der Waals surface area contributed by atoms with Crippen LogP contribution in [-0.4, -0.2) is 19.0 Å². The third kappa shape index (κ3) is 2.65. The van der Waals surface area contributed by atoms with Crippen LogP contribution in [0.5, 0.6) is 0 Å². The Hall–Kier alpha value is -2.82. The molecule has 1 fully saturated rings. The molecule has 3 rings (SSSR count). The SMILES string of the molecule is COC(=O)c1ccc(C2CC(=O)ON2c2ccccc2)cc1. The summed E-state index contributed by atoms with van der Waals surface area (Å²) in [5.41, 5.74) is 2.19. The summed E-state index contributed by atoms with van der Waals surface area (Å²) in [5.74, 6) is -0.656. The van der Waals surface area contributed by atoms with Gasteiger partial charge in [0.2, 0.25) is 0 Å². The van der Waals surface area contributed by atoms with Crippen LogP contribution in [0.15, 0.2) is 54.6 Å². The Morgan fingerprint density at radius 2 is 1.82 bits per heavy atom. The van der Waals surface area contributed by atoms with Gasteiger partial charge in [-0.1, -0.05) is 30.3 Å². The number of rotatable bonds is 3. The molecule has 0 aromatic heterocycles. The molecule has 0 saturated carbocycles. The Bertz CT molecular complexity index is 682. The maximum atomic E-state index is 11.7. The maximum absolute atomic E-state index is 11.7. The van der Waals surface area contributed by atoms with Crippen LogP contribution in [0, 0.1) is 0 Å². The minimum Gasteiger partial charge on any atom is -0.465 e. The molecule has 1 heterocycles. The summed E-state index contributed by atoms with van der Waals surface area (Å²) in [5, 5.41) is 1.61. The number of nitrogens with zero attached hydrogens (tertiary/aromatic N) is 1. The quantitative estimate of drug-likeness (QED) is 0.815. The lowest BCUT2D eigenvalue weighted by molar-refractivity contribution is -0.139. The van der Waals surface area contributed by atoms with Crippen molar-refractivity contribution in [3.05, 3.63) is 65.7 Å². The van der Waals surface area contributed by atoms with Crippen LogP contribution < -0.4 is 5.06 Å². The summed E-state index contributed by atoms with van der Waals surface area (Å²) in [6, 6.07) is 16.2. The highest BCUT2D eigenvalue weighted by Gasteiger charge is 2.34. The van der Waals surface area contributed by atoms with Gasteiger partial charge in [0, 0.05) is 0 Å². The average Bonchev–Trinajstić information content (AvgIpc) is 2.97. The Labute approximate surface area is 128 Å². The van der Waals surface area contributed by atoms with Gasteiger partial charge in [0.15, 0.2) is 0 Å². The van der Waals surface area contributed by atoms with Gasteiger partial charge in [-0.3, -0.25) is 0 Å². The zero-order valence-corrected chi connectivity index (χ0v) is 12.1. The van der Waals surface area contributed by atoms with E-state index in [1.54, 1.807) is 17.2 Å². The number of hydrogen-bond acceptors (Lipinski definition) is 5. The highest BCUT2D eigenvalue weighted by atomic mass is 16.7. The zero-order chi connectivity index (χ0) is 15.5. The first-order valence-electron chi connectivity index (χ1n) is 6.92. The monoisotopic (exact) mass is 297 g/mol. The van der Waals surface area contributed by atoms with Crippen LogP contribution in [0.25, 0.3) is 0 Å². The Morgan fingerprint density at radius 3 is 2.45 bits per heavy atom. The molecular formula is C17H15NO4. The van der Waals surface area contributed by atoms with E-state index in [4.69, 9.17) is 4.84 Å². The summed E-state index contributed by atoms with van der Waals surface area (Å²) >= 11 is 0. The van der Waals surface area contributed by atoms with Crippen molar-refractivity contribution in [1.82, 2.24) is 0 Å². The van der Waals surface area contributed by atoms with Gasteiger partial charge < -0.3 is 9.57 Å². The summed E-state index contributed by atoms with van der Waals surface area (Å²) in [6.45, 7) is 0. The second kappa shape index (κ2) is 5.89. The van der Waals surface area contributed by atoms with Crippen molar-refractivity contribution in [2.75, 3.05) is 12.2 Å². The largest absolute Gasteiger partial charge is 0.465 e. The molecule has 5 heteroatoms. The fraction of sp³-hybridized carbons (Fsp3) is 0.176. The van der Waals surface area contributed by atoms with E-state index in [1.165, 1.54) is 7.11 Å². The molecule has 1 atom stereocenters. The molecule has 0 amide bonds. The zero-order valence-electron chi connectivity index (χ0n) is 12.1. The number of carbonyl (C=O) groups excluding carboxylic acids is 2. The van der Waals surface area contributed by atoms with Crippen LogP contribution in [0.3, 0.4) is 0 Å². The van der Waals surface area contributed by atoms with Crippen molar-refractivity contribution in [2.24, 2.45) is 0 Å². The molecule has 0 aliphatic carbocycles. The first-order valence-corrected chi connectivity index (χ1v) is 6.92. The highest BCUT2D eigenvalue weighted by Crippen LogP contribution is 2.35. The number of carbonyl (C=O) groups is 2. The second-order valence-electron chi connectivity index (χ2n) is 4.96. The Morgan fingerprint density at radius 1 is 1.14 bits per heavy atom. The summed E-state index contributed by atoms with van der Waals surface area (Å²) in [4.78, 5) is 28.5. The topological polar surface area (TPSA) is 55.8 Å². The normalized spacial score (nSPS) is 17.2. The molecule has 2 aromatic carbocycles. The molecule has 2 aromatic rings. The van der Waals surface area contributed by atoms with Crippen molar-refractivity contribution in [3.63, 3.8) is 0 Å². The van der Waals surface area contributed by atoms with Crippen LogP contribution in [0.1, 0.15) is 28.4 Å². The lowest BCUT2D eigenvalue weighted by Crippen LogP contribution is -2.21. The van der Waals surface area contributed by atoms with Crippen molar-refractivity contribution >= 4 is 17.6 Å². The third-order valence-electron chi connectivity index (χ3n) is 3.57. The number of para-hydroxylation sites is 1. The molecule has 112 valence electrons. The van der Waals surface area contributed by atoms with E-state index >= 15 is 0 Å². The van der Waals surface area contributed by atoms with E-state index in [-0.39, 0.29) is 24.4 Å². The summed E-state index contributed by atoms with van der Waals surface area (Å²) in [7, 11) is 1.34. The molecule has 0 bridgehead atoms. The van der Waals surface area contributed by atoms with E-state index in [1.807, 2.05) is 42.5 Å². The molecule has 1 saturated heterocycles. The number of hydroxylamine groups is 1. The van der Waals surface area contributed by atoms with E-state index < -0.39 is 0 Å². The van der Waals surface area contributed by atoms with Crippen LogP contribution in [0.4, 0.5) is 5.69 Å².